The third-order valence-corrected chi connectivity index (χ3v) is 3.70. The lowest BCUT2D eigenvalue weighted by Crippen LogP contribution is -2.34. The molecule has 1 N–H and O–H groups in total. The molecule has 0 spiro atoms. The number of carbonyl (C=O) groups excluding carboxylic acids is 2. The van der Waals surface area contributed by atoms with Crippen LogP contribution in [0, 0.1) is 5.41 Å². The van der Waals surface area contributed by atoms with Gasteiger partial charge in [-0.05, 0) is 18.1 Å². The lowest BCUT2D eigenvalue weighted by atomic mass is 9.71. The monoisotopic (exact) mass is 272 g/mol. The van der Waals surface area contributed by atoms with Crippen molar-refractivity contribution in [1.29, 1.82) is 0 Å². The Morgan fingerprint density at radius 1 is 1.25 bits per heavy atom. The predicted molar refractivity (Wildman–Crippen MR) is 74.0 cm³/mol. The molecular weight excluding hydrogens is 256 g/mol. The number of rotatable bonds is 4. The number of aliphatic carboxylic acids is 1. The SMILES string of the molecule is CC1(CCC(=O)O)CC(=O)C(c2ccccc2)=CC1=O. The average Bonchev–Trinajstić information content (AvgIpc) is 2.42. The van der Waals surface area contributed by atoms with Crippen molar-refractivity contribution in [3.8, 4) is 0 Å². The zero-order valence-electron chi connectivity index (χ0n) is 11.3. The fraction of sp³-hybridized carbons (Fsp3) is 0.312. The van der Waals surface area contributed by atoms with Gasteiger partial charge in [0.1, 0.15) is 0 Å². The number of carbonyl (C=O) groups is 3. The maximum Gasteiger partial charge on any atom is 0.303 e. The van der Waals surface area contributed by atoms with Crippen LogP contribution in [-0.4, -0.2) is 22.6 Å². The number of Topliss-reactive ketones (excluding diaryl/α,β-unsaturated/α-hetero) is 1. The summed E-state index contributed by atoms with van der Waals surface area (Å²) < 4.78 is 0. The highest BCUT2D eigenvalue weighted by Gasteiger charge is 2.39. The van der Waals surface area contributed by atoms with Crippen molar-refractivity contribution >= 4 is 23.1 Å². The van der Waals surface area contributed by atoms with Crippen LogP contribution in [0.5, 0.6) is 0 Å². The molecule has 1 aliphatic carbocycles. The van der Waals surface area contributed by atoms with E-state index < -0.39 is 11.4 Å². The fourth-order valence-corrected chi connectivity index (χ4v) is 2.38. The third-order valence-electron chi connectivity index (χ3n) is 3.70. The molecule has 104 valence electrons. The summed E-state index contributed by atoms with van der Waals surface area (Å²) in [6.07, 6.45) is 1.51. The first-order valence-corrected chi connectivity index (χ1v) is 6.49. The van der Waals surface area contributed by atoms with Gasteiger partial charge in [-0.3, -0.25) is 14.4 Å². The zero-order valence-corrected chi connectivity index (χ0v) is 11.3. The molecular formula is C16H16O4. The van der Waals surface area contributed by atoms with Gasteiger partial charge in [-0.1, -0.05) is 37.3 Å². The van der Waals surface area contributed by atoms with E-state index in [2.05, 4.69) is 0 Å². The van der Waals surface area contributed by atoms with Gasteiger partial charge in [0.15, 0.2) is 11.6 Å². The Labute approximate surface area is 117 Å². The number of ketones is 2. The number of benzene rings is 1. The molecule has 1 aromatic rings. The van der Waals surface area contributed by atoms with Crippen LogP contribution in [0.2, 0.25) is 0 Å². The second-order valence-electron chi connectivity index (χ2n) is 5.34. The molecule has 0 radical (unpaired) electrons. The van der Waals surface area contributed by atoms with Gasteiger partial charge in [-0.15, -0.1) is 0 Å². The van der Waals surface area contributed by atoms with Crippen LogP contribution >= 0.6 is 0 Å². The molecule has 0 saturated carbocycles. The highest BCUT2D eigenvalue weighted by molar-refractivity contribution is 6.29. The summed E-state index contributed by atoms with van der Waals surface area (Å²) in [7, 11) is 0. The molecule has 2 rings (SSSR count). The van der Waals surface area contributed by atoms with Crippen molar-refractivity contribution in [2.75, 3.05) is 0 Å². The first kappa shape index (κ1) is 14.2. The van der Waals surface area contributed by atoms with Crippen molar-refractivity contribution in [3.05, 3.63) is 42.0 Å². The van der Waals surface area contributed by atoms with E-state index in [1.807, 2.05) is 18.2 Å². The molecule has 0 saturated heterocycles. The smallest absolute Gasteiger partial charge is 0.303 e. The summed E-state index contributed by atoms with van der Waals surface area (Å²) >= 11 is 0. The second kappa shape index (κ2) is 5.41. The largest absolute Gasteiger partial charge is 0.481 e. The standard InChI is InChI=1S/C16H16O4/c1-16(8-7-15(19)20)10-13(17)12(9-14(16)18)11-5-3-2-4-6-11/h2-6,9H,7-8,10H2,1H3,(H,19,20). The Bertz CT molecular complexity index is 586. The molecule has 4 heteroatoms. The van der Waals surface area contributed by atoms with Gasteiger partial charge < -0.3 is 5.11 Å². The van der Waals surface area contributed by atoms with Crippen molar-refractivity contribution < 1.29 is 19.5 Å². The van der Waals surface area contributed by atoms with E-state index in [1.165, 1.54) is 6.08 Å². The summed E-state index contributed by atoms with van der Waals surface area (Å²) in [6.45, 7) is 1.66. The minimum atomic E-state index is -0.954. The Kier molecular flexibility index (Phi) is 3.84. The van der Waals surface area contributed by atoms with Gasteiger partial charge in [-0.25, -0.2) is 0 Å². The molecule has 1 aliphatic rings. The fourth-order valence-electron chi connectivity index (χ4n) is 2.38. The molecule has 0 aliphatic heterocycles. The predicted octanol–water partition coefficient (Wildman–Crippen LogP) is 2.48. The molecule has 1 unspecified atom stereocenters. The van der Waals surface area contributed by atoms with E-state index in [4.69, 9.17) is 5.11 Å². The van der Waals surface area contributed by atoms with Crippen LogP contribution < -0.4 is 0 Å². The number of allylic oxidation sites excluding steroid dienone is 2. The van der Waals surface area contributed by atoms with Crippen LogP contribution in [0.1, 0.15) is 31.7 Å². The van der Waals surface area contributed by atoms with Crippen molar-refractivity contribution in [1.82, 2.24) is 0 Å². The van der Waals surface area contributed by atoms with Gasteiger partial charge in [0, 0.05) is 23.8 Å². The van der Waals surface area contributed by atoms with E-state index in [-0.39, 0.29) is 30.8 Å². The summed E-state index contributed by atoms with van der Waals surface area (Å²) in [5.41, 5.74) is 0.253. The van der Waals surface area contributed by atoms with Crippen molar-refractivity contribution in [3.63, 3.8) is 0 Å². The minimum absolute atomic E-state index is 0.0693. The molecule has 1 atom stereocenters. The van der Waals surface area contributed by atoms with Gasteiger partial charge in [0.05, 0.1) is 0 Å². The van der Waals surface area contributed by atoms with Crippen LogP contribution in [0.4, 0.5) is 0 Å². The molecule has 0 heterocycles. The zero-order chi connectivity index (χ0) is 14.8. The normalized spacial score (nSPS) is 22.6. The van der Waals surface area contributed by atoms with E-state index >= 15 is 0 Å². The Morgan fingerprint density at radius 3 is 2.50 bits per heavy atom. The quantitative estimate of drug-likeness (QED) is 0.914. The van der Waals surface area contributed by atoms with E-state index in [0.29, 0.717) is 5.57 Å². The van der Waals surface area contributed by atoms with Gasteiger partial charge in [0.25, 0.3) is 0 Å². The number of hydrogen-bond acceptors (Lipinski definition) is 3. The van der Waals surface area contributed by atoms with E-state index in [9.17, 15) is 14.4 Å². The van der Waals surface area contributed by atoms with Gasteiger partial charge >= 0.3 is 5.97 Å². The average molecular weight is 272 g/mol. The van der Waals surface area contributed by atoms with Crippen molar-refractivity contribution in [2.45, 2.75) is 26.2 Å². The first-order valence-electron chi connectivity index (χ1n) is 6.49. The Morgan fingerprint density at radius 2 is 1.90 bits per heavy atom. The topological polar surface area (TPSA) is 71.4 Å². The lowest BCUT2D eigenvalue weighted by Gasteiger charge is -2.30. The summed E-state index contributed by atoms with van der Waals surface area (Å²) in [5, 5.41) is 8.73. The maximum atomic E-state index is 12.2. The van der Waals surface area contributed by atoms with Crippen LogP contribution in [0.15, 0.2) is 36.4 Å². The van der Waals surface area contributed by atoms with Crippen LogP contribution in [-0.2, 0) is 14.4 Å². The second-order valence-corrected chi connectivity index (χ2v) is 5.34. The van der Waals surface area contributed by atoms with Gasteiger partial charge in [-0.2, -0.15) is 0 Å². The molecule has 4 nitrogen and oxygen atoms in total. The highest BCUT2D eigenvalue weighted by atomic mass is 16.4. The van der Waals surface area contributed by atoms with Crippen LogP contribution in [0.25, 0.3) is 5.57 Å². The summed E-state index contributed by atoms with van der Waals surface area (Å²) in [5.74, 6) is -1.23. The highest BCUT2D eigenvalue weighted by Crippen LogP contribution is 2.37. The Hall–Kier alpha value is -2.23. The number of carboxylic acids is 1. The molecule has 20 heavy (non-hydrogen) atoms. The van der Waals surface area contributed by atoms with Crippen molar-refractivity contribution in [2.24, 2.45) is 5.41 Å². The molecule has 1 aromatic carbocycles. The minimum Gasteiger partial charge on any atom is -0.481 e. The molecule has 0 fully saturated rings. The lowest BCUT2D eigenvalue weighted by molar-refractivity contribution is -0.139. The van der Waals surface area contributed by atoms with E-state index in [1.54, 1.807) is 19.1 Å². The van der Waals surface area contributed by atoms with E-state index in [0.717, 1.165) is 5.56 Å². The molecule has 0 bridgehead atoms. The first-order chi connectivity index (χ1) is 9.42. The molecule has 0 amide bonds. The van der Waals surface area contributed by atoms with Crippen LogP contribution in [0.3, 0.4) is 0 Å². The number of carboxylic acid groups (broad SMARTS) is 1. The summed E-state index contributed by atoms with van der Waals surface area (Å²) in [4.78, 5) is 35.1. The third kappa shape index (κ3) is 2.85. The molecule has 0 aromatic heterocycles. The van der Waals surface area contributed by atoms with Gasteiger partial charge in [0.2, 0.25) is 0 Å². The number of hydrogen-bond donors (Lipinski definition) is 1. The summed E-state index contributed by atoms with van der Waals surface area (Å²) in [6, 6.07) is 9.04. The maximum absolute atomic E-state index is 12.2. The Balaban J connectivity index is 2.27.